The van der Waals surface area contributed by atoms with E-state index in [0.717, 1.165) is 28.1 Å². The Hall–Kier alpha value is -4.04. The third-order valence-corrected chi connectivity index (χ3v) is 7.55. The number of para-hydroxylation sites is 1. The van der Waals surface area contributed by atoms with Gasteiger partial charge in [0.05, 0.1) is 5.69 Å². The second kappa shape index (κ2) is 6.74. The molecule has 0 spiro atoms. The van der Waals surface area contributed by atoms with Gasteiger partial charge < -0.3 is 9.73 Å². The van der Waals surface area contributed by atoms with Crippen molar-refractivity contribution in [3.05, 3.63) is 108 Å². The zero-order valence-electron chi connectivity index (χ0n) is 19.6. The second-order valence-electron chi connectivity index (χ2n) is 9.96. The Balaban J connectivity index is 1.44. The molecule has 0 saturated carbocycles. The molecule has 0 fully saturated rings. The third-order valence-electron chi connectivity index (χ3n) is 7.55. The van der Waals surface area contributed by atoms with Gasteiger partial charge in [0.1, 0.15) is 5.58 Å². The number of hydrogen-bond acceptors (Lipinski definition) is 2. The summed E-state index contributed by atoms with van der Waals surface area (Å²) in [5.41, 5.74) is 10.5. The van der Waals surface area contributed by atoms with Crippen LogP contribution in [0.25, 0.3) is 43.8 Å². The first kappa shape index (κ1) is 19.4. The summed E-state index contributed by atoms with van der Waals surface area (Å²) in [5, 5.41) is 8.49. The summed E-state index contributed by atoms with van der Waals surface area (Å²) in [7, 11) is 0. The fourth-order valence-corrected chi connectivity index (χ4v) is 5.82. The summed E-state index contributed by atoms with van der Waals surface area (Å²) in [6.07, 6.45) is 0. The second-order valence-corrected chi connectivity index (χ2v) is 9.96. The lowest BCUT2D eigenvalue weighted by Crippen LogP contribution is -2.15. The summed E-state index contributed by atoms with van der Waals surface area (Å²) in [5.74, 6) is 0. The third kappa shape index (κ3) is 2.57. The number of fused-ring (bicyclic) bond motifs is 8. The highest BCUT2D eigenvalue weighted by atomic mass is 16.3. The molecule has 6 aromatic rings. The van der Waals surface area contributed by atoms with Crippen LogP contribution in [0.1, 0.15) is 30.5 Å². The minimum Gasteiger partial charge on any atom is -0.454 e. The monoisotopic (exact) mass is 439 g/mol. The van der Waals surface area contributed by atoms with Crippen molar-refractivity contribution in [2.45, 2.75) is 26.2 Å². The highest BCUT2D eigenvalue weighted by Crippen LogP contribution is 2.49. The normalized spacial score (nSPS) is 14.0. The van der Waals surface area contributed by atoms with Crippen molar-refractivity contribution in [1.82, 2.24) is 0 Å². The Labute approximate surface area is 198 Å². The molecule has 0 unspecified atom stereocenters. The van der Waals surface area contributed by atoms with Crippen LogP contribution in [0.4, 0.5) is 11.4 Å². The summed E-state index contributed by atoms with van der Waals surface area (Å²) in [4.78, 5) is 0. The molecule has 1 aromatic heterocycles. The first-order valence-electron chi connectivity index (χ1n) is 11.9. The van der Waals surface area contributed by atoms with E-state index < -0.39 is 0 Å². The molecular formula is C32H25NO. The molecule has 7 rings (SSSR count). The first-order valence-corrected chi connectivity index (χ1v) is 11.9. The van der Waals surface area contributed by atoms with E-state index in [1.54, 1.807) is 0 Å². The first-order chi connectivity index (χ1) is 16.5. The van der Waals surface area contributed by atoms with Crippen molar-refractivity contribution in [2.24, 2.45) is 0 Å². The SMILES string of the molecule is Cc1cccc2c1oc1c(Nc3ccc4c(c3)C(C)(C)c3ccccc3-4)cc3ccccc3c12. The molecule has 0 aliphatic heterocycles. The number of furan rings is 1. The van der Waals surface area contributed by atoms with Crippen LogP contribution in [0.3, 0.4) is 0 Å². The number of benzene rings is 5. The smallest absolute Gasteiger partial charge is 0.159 e. The number of nitrogens with one attached hydrogen (secondary N) is 1. The predicted molar refractivity (Wildman–Crippen MR) is 143 cm³/mol. The number of rotatable bonds is 2. The Morgan fingerprint density at radius 3 is 2.35 bits per heavy atom. The van der Waals surface area contributed by atoms with Gasteiger partial charge >= 0.3 is 0 Å². The average Bonchev–Trinajstić information content (AvgIpc) is 3.35. The summed E-state index contributed by atoms with van der Waals surface area (Å²) in [6.45, 7) is 6.75. The molecular weight excluding hydrogens is 414 g/mol. The molecule has 5 aromatic carbocycles. The maximum atomic E-state index is 6.52. The van der Waals surface area contributed by atoms with Gasteiger partial charge in [-0.1, -0.05) is 86.6 Å². The summed E-state index contributed by atoms with van der Waals surface area (Å²) < 4.78 is 6.52. The fourth-order valence-electron chi connectivity index (χ4n) is 5.82. The van der Waals surface area contributed by atoms with Gasteiger partial charge in [0, 0.05) is 21.9 Å². The van der Waals surface area contributed by atoms with Crippen molar-refractivity contribution in [1.29, 1.82) is 0 Å². The van der Waals surface area contributed by atoms with Gasteiger partial charge in [-0.15, -0.1) is 0 Å². The van der Waals surface area contributed by atoms with Crippen LogP contribution in [0.2, 0.25) is 0 Å². The van der Waals surface area contributed by atoms with Gasteiger partial charge in [0.15, 0.2) is 5.58 Å². The number of hydrogen-bond donors (Lipinski definition) is 1. The predicted octanol–water partition coefficient (Wildman–Crippen LogP) is 9.10. The van der Waals surface area contributed by atoms with Crippen LogP contribution in [-0.2, 0) is 5.41 Å². The van der Waals surface area contributed by atoms with Gasteiger partial charge in [-0.25, -0.2) is 0 Å². The minimum atomic E-state index is -0.0290. The lowest BCUT2D eigenvalue weighted by molar-refractivity contribution is 0.660. The van der Waals surface area contributed by atoms with Gasteiger partial charge in [-0.3, -0.25) is 0 Å². The molecule has 0 radical (unpaired) electrons. The molecule has 34 heavy (non-hydrogen) atoms. The highest BCUT2D eigenvalue weighted by molar-refractivity contribution is 6.22. The molecule has 0 atom stereocenters. The van der Waals surface area contributed by atoms with Crippen LogP contribution in [0.5, 0.6) is 0 Å². The molecule has 0 bridgehead atoms. The zero-order valence-corrected chi connectivity index (χ0v) is 19.6. The van der Waals surface area contributed by atoms with E-state index >= 15 is 0 Å². The van der Waals surface area contributed by atoms with Crippen molar-refractivity contribution >= 4 is 44.1 Å². The molecule has 0 saturated heterocycles. The molecule has 0 amide bonds. The topological polar surface area (TPSA) is 25.2 Å². The Morgan fingerprint density at radius 1 is 0.676 bits per heavy atom. The average molecular weight is 440 g/mol. The standard InChI is InChI=1S/C32H25NO/c1-19-9-8-13-25-29-22-11-5-4-10-20(22)17-28(31(29)34-30(19)25)33-21-15-16-24-23-12-6-7-14-26(23)32(2,3)27(24)18-21/h4-18,33H,1-3H3. The Bertz CT molecular complexity index is 1770. The van der Waals surface area contributed by atoms with Gasteiger partial charge in [0.25, 0.3) is 0 Å². The molecule has 2 nitrogen and oxygen atoms in total. The van der Waals surface area contributed by atoms with Crippen molar-refractivity contribution in [3.8, 4) is 11.1 Å². The van der Waals surface area contributed by atoms with E-state index in [0.29, 0.717) is 0 Å². The lowest BCUT2D eigenvalue weighted by Gasteiger charge is -2.22. The Morgan fingerprint density at radius 2 is 1.44 bits per heavy atom. The number of anilines is 2. The lowest BCUT2D eigenvalue weighted by atomic mass is 9.82. The summed E-state index contributed by atoms with van der Waals surface area (Å²) in [6, 6.07) is 32.7. The highest BCUT2D eigenvalue weighted by Gasteiger charge is 2.35. The quantitative estimate of drug-likeness (QED) is 0.291. The van der Waals surface area contributed by atoms with Crippen LogP contribution >= 0.6 is 0 Å². The van der Waals surface area contributed by atoms with Crippen molar-refractivity contribution in [2.75, 3.05) is 5.32 Å². The van der Waals surface area contributed by atoms with Crippen molar-refractivity contribution in [3.63, 3.8) is 0 Å². The van der Waals surface area contributed by atoms with Crippen LogP contribution in [0, 0.1) is 6.92 Å². The minimum absolute atomic E-state index is 0.0290. The van der Waals surface area contributed by atoms with E-state index in [1.807, 2.05) is 0 Å². The van der Waals surface area contributed by atoms with Crippen LogP contribution in [-0.4, -0.2) is 0 Å². The molecule has 1 aliphatic rings. The van der Waals surface area contributed by atoms with Crippen molar-refractivity contribution < 1.29 is 4.42 Å². The van der Waals surface area contributed by atoms with Crippen LogP contribution < -0.4 is 5.32 Å². The van der Waals surface area contributed by atoms with E-state index in [-0.39, 0.29) is 5.41 Å². The van der Waals surface area contributed by atoms with Gasteiger partial charge in [-0.2, -0.15) is 0 Å². The van der Waals surface area contributed by atoms with E-state index in [2.05, 4.69) is 117 Å². The summed E-state index contributed by atoms with van der Waals surface area (Å²) >= 11 is 0. The van der Waals surface area contributed by atoms with E-state index in [9.17, 15) is 0 Å². The van der Waals surface area contributed by atoms with Gasteiger partial charge in [0.2, 0.25) is 0 Å². The van der Waals surface area contributed by atoms with Crippen LogP contribution in [0.15, 0.2) is 95.4 Å². The maximum absolute atomic E-state index is 6.52. The van der Waals surface area contributed by atoms with E-state index in [4.69, 9.17) is 4.42 Å². The zero-order chi connectivity index (χ0) is 23.0. The molecule has 164 valence electrons. The fraction of sp³-hybridized carbons (Fsp3) is 0.125. The van der Waals surface area contributed by atoms with E-state index in [1.165, 1.54) is 43.8 Å². The molecule has 2 heteroatoms. The molecule has 1 N–H and O–H groups in total. The largest absolute Gasteiger partial charge is 0.454 e. The molecule has 1 aliphatic carbocycles. The molecule has 1 heterocycles. The Kier molecular flexibility index (Phi) is 3.85. The van der Waals surface area contributed by atoms with Gasteiger partial charge in [-0.05, 0) is 63.7 Å². The number of aryl methyl sites for hydroxylation is 1. The maximum Gasteiger partial charge on any atom is 0.159 e.